The summed E-state index contributed by atoms with van der Waals surface area (Å²) in [5, 5.41) is 0.0779. The van der Waals surface area contributed by atoms with Crippen molar-refractivity contribution >= 4 is 29.1 Å². The Morgan fingerprint density at radius 3 is 2.45 bits per heavy atom. The van der Waals surface area contributed by atoms with Gasteiger partial charge in [0, 0.05) is 6.16 Å². The Morgan fingerprint density at radius 2 is 1.95 bits per heavy atom. The molecule has 8 heteroatoms. The van der Waals surface area contributed by atoms with Crippen molar-refractivity contribution in [3.8, 4) is 0 Å². The Morgan fingerprint density at radius 1 is 1.32 bits per heavy atom. The highest BCUT2D eigenvalue weighted by Crippen LogP contribution is 2.48. The lowest BCUT2D eigenvalue weighted by Crippen LogP contribution is -2.14. The van der Waals surface area contributed by atoms with Gasteiger partial charge in [-0.2, -0.15) is 8.42 Å². The van der Waals surface area contributed by atoms with Gasteiger partial charge in [-0.25, -0.2) is 0 Å². The molecule has 0 heterocycles. The van der Waals surface area contributed by atoms with Crippen molar-refractivity contribution in [3.05, 3.63) is 28.8 Å². The van der Waals surface area contributed by atoms with Gasteiger partial charge in [0.15, 0.2) is 0 Å². The highest BCUT2D eigenvalue weighted by molar-refractivity contribution is 7.87. The molecule has 1 rings (SSSR count). The summed E-state index contributed by atoms with van der Waals surface area (Å²) in [6, 6.07) is 4.75. The van der Waals surface area contributed by atoms with Crippen molar-refractivity contribution < 1.29 is 21.7 Å². The van der Waals surface area contributed by atoms with E-state index in [1.807, 2.05) is 6.92 Å². The van der Waals surface area contributed by atoms with Crippen LogP contribution in [0.4, 0.5) is 0 Å². The number of hydrogen-bond donors (Lipinski definition) is 0. The van der Waals surface area contributed by atoms with Crippen molar-refractivity contribution in [2.75, 3.05) is 12.5 Å². The fraction of sp³-hybridized carbons (Fsp3) is 0.571. The van der Waals surface area contributed by atoms with E-state index < -0.39 is 23.8 Å². The Bertz CT molecular complexity index is 639. The van der Waals surface area contributed by atoms with Crippen LogP contribution in [0.3, 0.4) is 0 Å². The van der Waals surface area contributed by atoms with E-state index in [0.29, 0.717) is 12.0 Å². The molecule has 0 N–H and O–H groups in total. The number of benzene rings is 1. The minimum atomic E-state index is -4.09. The first-order valence-corrected chi connectivity index (χ1v) is 10.8. The molecule has 0 aliphatic carbocycles. The molecule has 2 atom stereocenters. The quantitative estimate of drug-likeness (QED) is 0.501. The van der Waals surface area contributed by atoms with Crippen LogP contribution in [0.5, 0.6) is 0 Å². The van der Waals surface area contributed by atoms with Crippen molar-refractivity contribution in [1.82, 2.24) is 0 Å². The minimum Gasteiger partial charge on any atom is -0.324 e. The van der Waals surface area contributed by atoms with Gasteiger partial charge in [-0.05, 0) is 31.9 Å². The van der Waals surface area contributed by atoms with Crippen molar-refractivity contribution in [2.24, 2.45) is 0 Å². The highest BCUT2D eigenvalue weighted by Gasteiger charge is 2.29. The second-order valence-corrected chi connectivity index (χ2v) is 9.73. The van der Waals surface area contributed by atoms with Crippen LogP contribution in [0.15, 0.2) is 23.1 Å². The largest absolute Gasteiger partial charge is 0.324 e. The van der Waals surface area contributed by atoms with E-state index in [-0.39, 0.29) is 22.2 Å². The molecule has 0 saturated heterocycles. The fourth-order valence-electron chi connectivity index (χ4n) is 1.74. The summed E-state index contributed by atoms with van der Waals surface area (Å²) >= 11 is 5.95. The molecular weight excluding hydrogens is 347 g/mol. The average Bonchev–Trinajstić information content (AvgIpc) is 2.45. The van der Waals surface area contributed by atoms with Crippen LogP contribution in [0.25, 0.3) is 0 Å². The van der Waals surface area contributed by atoms with Crippen LogP contribution in [0, 0.1) is 6.92 Å². The van der Waals surface area contributed by atoms with Gasteiger partial charge in [-0.3, -0.25) is 8.75 Å². The summed E-state index contributed by atoms with van der Waals surface area (Å²) in [5.74, 6) is 0. The summed E-state index contributed by atoms with van der Waals surface area (Å²) in [6.07, 6.45) is 0.175. The maximum absolute atomic E-state index is 12.6. The summed E-state index contributed by atoms with van der Waals surface area (Å²) in [5.41, 5.74) is 0.474. The molecule has 0 amide bonds. The molecule has 1 aromatic rings. The van der Waals surface area contributed by atoms with Gasteiger partial charge in [0.25, 0.3) is 10.1 Å². The predicted molar refractivity (Wildman–Crippen MR) is 88.3 cm³/mol. The molecular formula is C14H22ClO5PS. The maximum Gasteiger partial charge on any atom is 0.299 e. The summed E-state index contributed by atoms with van der Waals surface area (Å²) in [4.78, 5) is -0.0946. The molecule has 0 aliphatic rings. The number of rotatable bonds is 8. The average molecular weight is 369 g/mol. The van der Waals surface area contributed by atoms with Crippen LogP contribution in [-0.2, 0) is 23.4 Å². The molecule has 1 aromatic carbocycles. The zero-order chi connectivity index (χ0) is 17.0. The van der Waals surface area contributed by atoms with Crippen molar-refractivity contribution in [3.63, 3.8) is 0 Å². The van der Waals surface area contributed by atoms with Crippen LogP contribution < -0.4 is 0 Å². The zero-order valence-electron chi connectivity index (χ0n) is 13.2. The van der Waals surface area contributed by atoms with Gasteiger partial charge in [-0.15, -0.1) is 0 Å². The van der Waals surface area contributed by atoms with Gasteiger partial charge < -0.3 is 4.52 Å². The third-order valence-electron chi connectivity index (χ3n) is 3.25. The molecule has 0 fully saturated rings. The third kappa shape index (κ3) is 5.07. The first-order chi connectivity index (χ1) is 10.1. The first kappa shape index (κ1) is 19.7. The molecule has 2 unspecified atom stereocenters. The predicted octanol–water partition coefficient (Wildman–Crippen LogP) is 4.42. The van der Waals surface area contributed by atoms with E-state index in [4.69, 9.17) is 20.3 Å². The van der Waals surface area contributed by atoms with E-state index >= 15 is 0 Å². The van der Waals surface area contributed by atoms with E-state index in [1.54, 1.807) is 32.9 Å². The molecule has 5 nitrogen and oxygen atoms in total. The molecule has 0 aliphatic heterocycles. The van der Waals surface area contributed by atoms with Gasteiger partial charge in [0.2, 0.25) is 7.37 Å². The normalized spacial score (nSPS) is 16.2. The van der Waals surface area contributed by atoms with Gasteiger partial charge in [-0.1, -0.05) is 37.6 Å². The second kappa shape index (κ2) is 7.93. The summed E-state index contributed by atoms with van der Waals surface area (Å²) in [7, 11) is -7.26. The molecule has 0 aromatic heterocycles. The molecule has 22 heavy (non-hydrogen) atoms. The Hall–Kier alpha value is -0.390. The van der Waals surface area contributed by atoms with Gasteiger partial charge >= 0.3 is 0 Å². The van der Waals surface area contributed by atoms with Crippen LogP contribution in [0.1, 0.15) is 32.8 Å². The lowest BCUT2D eigenvalue weighted by molar-refractivity contribution is 0.207. The smallest absolute Gasteiger partial charge is 0.299 e. The summed E-state index contributed by atoms with van der Waals surface area (Å²) < 4.78 is 47.6. The van der Waals surface area contributed by atoms with Crippen LogP contribution >= 0.6 is 19.0 Å². The summed E-state index contributed by atoms with van der Waals surface area (Å²) in [6.45, 7) is 6.99. The fourth-order valence-corrected chi connectivity index (χ4v) is 5.53. The Kier molecular flexibility index (Phi) is 7.09. The maximum atomic E-state index is 12.6. The Balaban J connectivity index is 2.96. The number of hydrogen-bond acceptors (Lipinski definition) is 5. The van der Waals surface area contributed by atoms with E-state index in [2.05, 4.69) is 0 Å². The lowest BCUT2D eigenvalue weighted by atomic mass is 10.2. The standard InChI is InChI=1S/C14H22ClO5PS/c1-5-12(4)20-21(16,6-2)10-19-22(17,18)14-11(3)8-7-9-13(14)15/h7-9,12H,5-6,10H2,1-4H3. The monoisotopic (exact) mass is 368 g/mol. The molecule has 0 saturated carbocycles. The van der Waals surface area contributed by atoms with Gasteiger partial charge in [0.05, 0.1) is 11.1 Å². The minimum absolute atomic E-state index is 0.0779. The lowest BCUT2D eigenvalue weighted by Gasteiger charge is -2.21. The molecule has 0 bridgehead atoms. The SMILES string of the molecule is CCC(C)OP(=O)(CC)COS(=O)(=O)c1c(C)cccc1Cl. The molecule has 0 radical (unpaired) electrons. The number of halogens is 1. The zero-order valence-corrected chi connectivity index (χ0v) is 15.7. The van der Waals surface area contributed by atoms with Crippen LogP contribution in [0.2, 0.25) is 5.02 Å². The highest BCUT2D eigenvalue weighted by atomic mass is 35.5. The van der Waals surface area contributed by atoms with Crippen molar-refractivity contribution in [2.45, 2.75) is 45.1 Å². The van der Waals surface area contributed by atoms with E-state index in [9.17, 15) is 13.0 Å². The molecule has 126 valence electrons. The van der Waals surface area contributed by atoms with E-state index in [0.717, 1.165) is 0 Å². The van der Waals surface area contributed by atoms with Crippen LogP contribution in [-0.4, -0.2) is 27.0 Å². The first-order valence-electron chi connectivity index (χ1n) is 7.06. The Labute approximate surface area is 137 Å². The van der Waals surface area contributed by atoms with Gasteiger partial charge in [0.1, 0.15) is 11.2 Å². The second-order valence-electron chi connectivity index (χ2n) is 5.04. The molecule has 0 spiro atoms. The third-order valence-corrected chi connectivity index (χ3v) is 7.55. The number of aryl methyl sites for hydroxylation is 1. The topological polar surface area (TPSA) is 69.7 Å². The van der Waals surface area contributed by atoms with E-state index in [1.165, 1.54) is 6.07 Å². The van der Waals surface area contributed by atoms with Crippen molar-refractivity contribution in [1.29, 1.82) is 0 Å².